The lowest BCUT2D eigenvalue weighted by atomic mass is 10.1. The van der Waals surface area contributed by atoms with Crippen LogP contribution in [0, 0.1) is 0 Å². The molecule has 108 valence electrons. The Labute approximate surface area is 121 Å². The second-order valence-corrected chi connectivity index (χ2v) is 5.93. The fourth-order valence-electron chi connectivity index (χ4n) is 1.81. The molecule has 0 aliphatic rings. The summed E-state index contributed by atoms with van der Waals surface area (Å²) in [6.45, 7) is 2.33. The van der Waals surface area contributed by atoms with Crippen molar-refractivity contribution < 1.29 is 9.53 Å². The van der Waals surface area contributed by atoms with E-state index in [1.807, 2.05) is 0 Å². The summed E-state index contributed by atoms with van der Waals surface area (Å²) in [7, 11) is 0. The molecule has 0 bridgehead atoms. The van der Waals surface area contributed by atoms with Crippen molar-refractivity contribution >= 4 is 29.2 Å². The van der Waals surface area contributed by atoms with E-state index >= 15 is 0 Å². The maximum atomic E-state index is 11.2. The molecule has 0 fully saturated rings. The molecule has 0 saturated carbocycles. The number of carbonyl (C=O) groups is 1. The van der Waals surface area contributed by atoms with Gasteiger partial charge in [-0.1, -0.05) is 58.3 Å². The largest absolute Gasteiger partial charge is 0.463 e. The van der Waals surface area contributed by atoms with Crippen molar-refractivity contribution in [2.24, 2.45) is 0 Å². The van der Waals surface area contributed by atoms with Gasteiger partial charge in [0.25, 0.3) is 0 Å². The summed E-state index contributed by atoms with van der Waals surface area (Å²) in [6, 6.07) is 0. The average Bonchev–Trinajstić information content (AvgIpc) is 2.34. The first-order valence-electron chi connectivity index (χ1n) is 7.10. The van der Waals surface area contributed by atoms with Gasteiger partial charge in [0.1, 0.15) is 11.4 Å². The van der Waals surface area contributed by atoms with Crippen molar-refractivity contribution in [2.75, 3.05) is 6.61 Å². The van der Waals surface area contributed by atoms with Gasteiger partial charge in [0.2, 0.25) is 0 Å². The van der Waals surface area contributed by atoms with E-state index < -0.39 is 4.84 Å². The van der Waals surface area contributed by atoms with Gasteiger partial charge in [-0.3, -0.25) is 4.79 Å². The van der Waals surface area contributed by atoms with Crippen LogP contribution >= 0.6 is 23.2 Å². The first-order valence-corrected chi connectivity index (χ1v) is 7.98. The van der Waals surface area contributed by atoms with Crippen LogP contribution in [-0.4, -0.2) is 17.4 Å². The monoisotopic (exact) mass is 296 g/mol. The Balaban J connectivity index is 3.12. The molecule has 0 atom stereocenters. The normalized spacial score (nSPS) is 10.9. The molecule has 4 heteroatoms. The van der Waals surface area contributed by atoms with E-state index in [2.05, 4.69) is 6.92 Å². The summed E-state index contributed by atoms with van der Waals surface area (Å²) >= 11 is 10.9. The average molecular weight is 297 g/mol. The van der Waals surface area contributed by atoms with Crippen molar-refractivity contribution in [3.8, 4) is 0 Å². The Hall–Kier alpha value is 0.0500. The van der Waals surface area contributed by atoms with E-state index in [-0.39, 0.29) is 12.6 Å². The highest BCUT2D eigenvalue weighted by Crippen LogP contribution is 2.11. The predicted octanol–water partition coefficient (Wildman–Crippen LogP) is 5.25. The Morgan fingerprint density at radius 3 is 1.94 bits per heavy atom. The lowest BCUT2D eigenvalue weighted by molar-refractivity contribution is -0.143. The number of hydrogen-bond donors (Lipinski definition) is 0. The number of unbranched alkanes of at least 4 members (excludes halogenated alkanes) is 8. The Morgan fingerprint density at radius 1 is 0.944 bits per heavy atom. The van der Waals surface area contributed by atoms with E-state index in [1.54, 1.807) is 0 Å². The van der Waals surface area contributed by atoms with E-state index in [4.69, 9.17) is 27.9 Å². The molecule has 0 radical (unpaired) electrons. The third-order valence-electron chi connectivity index (χ3n) is 2.85. The number of rotatable bonds is 12. The zero-order valence-corrected chi connectivity index (χ0v) is 12.9. The lowest BCUT2D eigenvalue weighted by Crippen LogP contribution is -2.09. The SMILES string of the molecule is CCCCCCCCCCCC(=O)OCC(Cl)Cl. The molecule has 18 heavy (non-hydrogen) atoms. The zero-order valence-electron chi connectivity index (χ0n) is 11.4. The number of halogens is 2. The van der Waals surface area contributed by atoms with Gasteiger partial charge < -0.3 is 4.74 Å². The van der Waals surface area contributed by atoms with Crippen LogP contribution in [0.5, 0.6) is 0 Å². The third-order valence-corrected chi connectivity index (χ3v) is 3.11. The summed E-state index contributed by atoms with van der Waals surface area (Å²) in [6.07, 6.45) is 11.7. The van der Waals surface area contributed by atoms with Crippen molar-refractivity contribution in [1.29, 1.82) is 0 Å². The van der Waals surface area contributed by atoms with Crippen molar-refractivity contribution in [1.82, 2.24) is 0 Å². The molecule has 0 aromatic carbocycles. The number of ether oxygens (including phenoxy) is 1. The predicted molar refractivity (Wildman–Crippen MR) is 78.3 cm³/mol. The molecule has 0 aliphatic carbocycles. The Bertz CT molecular complexity index is 196. The smallest absolute Gasteiger partial charge is 0.305 e. The molecule has 0 N–H and O–H groups in total. The highest BCUT2D eigenvalue weighted by molar-refractivity contribution is 6.44. The van der Waals surface area contributed by atoms with Gasteiger partial charge in [0, 0.05) is 6.42 Å². The summed E-state index contributed by atoms with van der Waals surface area (Å²) < 4.78 is 4.87. The minimum Gasteiger partial charge on any atom is -0.463 e. The highest BCUT2D eigenvalue weighted by Gasteiger charge is 2.05. The molecule has 0 rings (SSSR count). The third kappa shape index (κ3) is 14.1. The van der Waals surface area contributed by atoms with Crippen LogP contribution in [0.1, 0.15) is 71.1 Å². The van der Waals surface area contributed by atoms with Gasteiger partial charge in [-0.15, -0.1) is 23.2 Å². The standard InChI is InChI=1S/C14H26Cl2O2/c1-2-3-4-5-6-7-8-9-10-11-14(17)18-12-13(15)16/h13H,2-12H2,1H3. The van der Waals surface area contributed by atoms with Crippen LogP contribution in [0.15, 0.2) is 0 Å². The number of esters is 1. The van der Waals surface area contributed by atoms with E-state index in [0.717, 1.165) is 12.8 Å². The topological polar surface area (TPSA) is 26.3 Å². The van der Waals surface area contributed by atoms with Crippen LogP contribution in [0.25, 0.3) is 0 Å². The van der Waals surface area contributed by atoms with Crippen molar-refractivity contribution in [3.05, 3.63) is 0 Å². The maximum absolute atomic E-state index is 11.2. The summed E-state index contributed by atoms with van der Waals surface area (Å²) in [5, 5.41) is 0. The van der Waals surface area contributed by atoms with Crippen LogP contribution in [-0.2, 0) is 9.53 Å². The molecule has 0 saturated heterocycles. The summed E-state index contributed by atoms with van der Waals surface area (Å²) in [5.74, 6) is -0.191. The number of hydrogen-bond acceptors (Lipinski definition) is 2. The molecule has 0 aliphatic heterocycles. The number of alkyl halides is 2. The summed E-state index contributed by atoms with van der Waals surface area (Å²) in [5.41, 5.74) is 0. The number of carbonyl (C=O) groups excluding carboxylic acids is 1. The van der Waals surface area contributed by atoms with Gasteiger partial charge in [0.05, 0.1) is 0 Å². The fraction of sp³-hybridized carbons (Fsp3) is 0.929. The second kappa shape index (κ2) is 13.5. The minimum absolute atomic E-state index is 0.0966. The van der Waals surface area contributed by atoms with E-state index in [0.29, 0.717) is 6.42 Å². The summed E-state index contributed by atoms with van der Waals surface area (Å²) in [4.78, 5) is 10.6. The molecule has 0 amide bonds. The van der Waals surface area contributed by atoms with Crippen LogP contribution in [0.3, 0.4) is 0 Å². The first kappa shape index (κ1) is 18.0. The molecule has 0 unspecified atom stereocenters. The zero-order chi connectivity index (χ0) is 13.6. The second-order valence-electron chi connectivity index (χ2n) is 4.65. The molecule has 0 aromatic rings. The van der Waals surface area contributed by atoms with Gasteiger partial charge in [0.15, 0.2) is 0 Å². The molecule has 0 spiro atoms. The van der Waals surface area contributed by atoms with Crippen LogP contribution < -0.4 is 0 Å². The maximum Gasteiger partial charge on any atom is 0.305 e. The Kier molecular flexibility index (Phi) is 13.5. The van der Waals surface area contributed by atoms with E-state index in [1.165, 1.54) is 44.9 Å². The molecule has 0 aromatic heterocycles. The first-order chi connectivity index (χ1) is 8.66. The minimum atomic E-state index is -0.614. The van der Waals surface area contributed by atoms with Gasteiger partial charge in [-0.25, -0.2) is 0 Å². The van der Waals surface area contributed by atoms with Crippen molar-refractivity contribution in [3.63, 3.8) is 0 Å². The molecule has 0 heterocycles. The van der Waals surface area contributed by atoms with Gasteiger partial charge in [-0.2, -0.15) is 0 Å². The van der Waals surface area contributed by atoms with Crippen molar-refractivity contribution in [2.45, 2.75) is 76.0 Å². The van der Waals surface area contributed by atoms with Crippen LogP contribution in [0.2, 0.25) is 0 Å². The molecule has 2 nitrogen and oxygen atoms in total. The van der Waals surface area contributed by atoms with Gasteiger partial charge >= 0.3 is 5.97 Å². The highest BCUT2D eigenvalue weighted by atomic mass is 35.5. The van der Waals surface area contributed by atoms with Gasteiger partial charge in [-0.05, 0) is 6.42 Å². The Morgan fingerprint density at radius 2 is 1.44 bits per heavy atom. The quantitative estimate of drug-likeness (QED) is 0.279. The van der Waals surface area contributed by atoms with E-state index in [9.17, 15) is 4.79 Å². The molecular weight excluding hydrogens is 271 g/mol. The molecular formula is C14H26Cl2O2. The van der Waals surface area contributed by atoms with Crippen LogP contribution in [0.4, 0.5) is 0 Å². The fourth-order valence-corrected chi connectivity index (χ4v) is 1.93. The lowest BCUT2D eigenvalue weighted by Gasteiger charge is -2.05.